The van der Waals surface area contributed by atoms with Crippen molar-refractivity contribution in [2.75, 3.05) is 43.6 Å². The highest BCUT2D eigenvalue weighted by Crippen LogP contribution is 2.17. The summed E-state index contributed by atoms with van der Waals surface area (Å²) in [4.78, 5) is 15.3. The number of nitrogens with one attached hydrogen (secondary N) is 1. The number of aromatic nitrogens is 5. The predicted octanol–water partition coefficient (Wildman–Crippen LogP) is 0.897. The molecule has 0 saturated carbocycles. The Morgan fingerprint density at radius 3 is 2.52 bits per heavy atom. The molecule has 0 aliphatic carbocycles. The molecule has 3 heterocycles. The molecular formula is C12H16ClN7O. The molecule has 2 aromatic heterocycles. The summed E-state index contributed by atoms with van der Waals surface area (Å²) in [6.07, 6.45) is 1.69. The van der Waals surface area contributed by atoms with Crippen LogP contribution in [0, 0.1) is 6.92 Å². The largest absolute Gasteiger partial charge is 0.378 e. The molecule has 0 aromatic carbocycles. The minimum atomic E-state index is 0.436. The van der Waals surface area contributed by atoms with Gasteiger partial charge in [0.05, 0.1) is 30.1 Å². The van der Waals surface area contributed by atoms with Crippen LogP contribution in [0.5, 0.6) is 0 Å². The molecular weight excluding hydrogens is 294 g/mol. The number of rotatable bonds is 3. The molecule has 0 amide bonds. The molecule has 1 aliphatic rings. The average Bonchev–Trinajstić information content (AvgIpc) is 2.87. The lowest BCUT2D eigenvalue weighted by Crippen LogP contribution is -2.37. The summed E-state index contributed by atoms with van der Waals surface area (Å²) >= 11 is 6.04. The SMILES string of the molecule is CNc1nc(N2CCOCC2)nc(-n2cc(Cl)c(C)n2)n1. The highest BCUT2D eigenvalue weighted by atomic mass is 35.5. The van der Waals surface area contributed by atoms with E-state index in [1.807, 2.05) is 6.92 Å². The van der Waals surface area contributed by atoms with E-state index in [0.717, 1.165) is 18.8 Å². The van der Waals surface area contributed by atoms with E-state index in [-0.39, 0.29) is 0 Å². The van der Waals surface area contributed by atoms with E-state index >= 15 is 0 Å². The van der Waals surface area contributed by atoms with Crippen molar-refractivity contribution in [1.82, 2.24) is 24.7 Å². The number of hydrogen-bond donors (Lipinski definition) is 1. The molecule has 3 rings (SSSR count). The van der Waals surface area contributed by atoms with Gasteiger partial charge in [-0.25, -0.2) is 4.68 Å². The third kappa shape index (κ3) is 2.91. The number of anilines is 2. The van der Waals surface area contributed by atoms with Crippen LogP contribution in [-0.4, -0.2) is 58.1 Å². The summed E-state index contributed by atoms with van der Waals surface area (Å²) in [5, 5.41) is 7.82. The van der Waals surface area contributed by atoms with Crippen LogP contribution in [0.15, 0.2) is 6.20 Å². The molecule has 0 bridgehead atoms. The van der Waals surface area contributed by atoms with Crippen molar-refractivity contribution >= 4 is 23.5 Å². The molecule has 1 aliphatic heterocycles. The summed E-state index contributed by atoms with van der Waals surface area (Å²) in [7, 11) is 1.77. The maximum absolute atomic E-state index is 6.04. The number of ether oxygens (including phenoxy) is 1. The van der Waals surface area contributed by atoms with Gasteiger partial charge in [-0.05, 0) is 6.92 Å². The third-order valence-corrected chi connectivity index (χ3v) is 3.54. The first kappa shape index (κ1) is 14.0. The first-order chi connectivity index (χ1) is 10.2. The Morgan fingerprint density at radius 1 is 1.19 bits per heavy atom. The lowest BCUT2D eigenvalue weighted by atomic mass is 10.4. The summed E-state index contributed by atoms with van der Waals surface area (Å²) in [6, 6.07) is 0. The molecule has 21 heavy (non-hydrogen) atoms. The average molecular weight is 310 g/mol. The van der Waals surface area contributed by atoms with Crippen LogP contribution in [0.2, 0.25) is 5.02 Å². The monoisotopic (exact) mass is 309 g/mol. The Hall–Kier alpha value is -1.93. The fourth-order valence-corrected chi connectivity index (χ4v) is 2.14. The van der Waals surface area contributed by atoms with Crippen LogP contribution in [-0.2, 0) is 4.74 Å². The van der Waals surface area contributed by atoms with E-state index < -0.39 is 0 Å². The first-order valence-corrected chi connectivity index (χ1v) is 7.04. The van der Waals surface area contributed by atoms with Crippen molar-refractivity contribution < 1.29 is 4.74 Å². The second-order valence-electron chi connectivity index (χ2n) is 4.62. The van der Waals surface area contributed by atoms with Crippen molar-refractivity contribution in [3.8, 4) is 5.95 Å². The second-order valence-corrected chi connectivity index (χ2v) is 5.02. The molecule has 2 aromatic rings. The van der Waals surface area contributed by atoms with E-state index in [0.29, 0.717) is 36.1 Å². The van der Waals surface area contributed by atoms with Crippen molar-refractivity contribution in [3.05, 3.63) is 16.9 Å². The van der Waals surface area contributed by atoms with Gasteiger partial charge in [0.15, 0.2) is 0 Å². The minimum absolute atomic E-state index is 0.436. The topological polar surface area (TPSA) is 81.0 Å². The van der Waals surface area contributed by atoms with E-state index in [4.69, 9.17) is 16.3 Å². The number of morpholine rings is 1. The molecule has 112 valence electrons. The van der Waals surface area contributed by atoms with Crippen LogP contribution in [0.4, 0.5) is 11.9 Å². The first-order valence-electron chi connectivity index (χ1n) is 6.66. The summed E-state index contributed by atoms with van der Waals surface area (Å²) in [5.41, 5.74) is 0.732. The van der Waals surface area contributed by atoms with E-state index in [2.05, 4.69) is 30.3 Å². The van der Waals surface area contributed by atoms with Gasteiger partial charge in [-0.1, -0.05) is 11.6 Å². The quantitative estimate of drug-likeness (QED) is 0.902. The summed E-state index contributed by atoms with van der Waals surface area (Å²) < 4.78 is 6.91. The minimum Gasteiger partial charge on any atom is -0.378 e. The Labute approximate surface area is 127 Å². The van der Waals surface area contributed by atoms with Gasteiger partial charge in [-0.3, -0.25) is 0 Å². The number of aryl methyl sites for hydroxylation is 1. The Kier molecular flexibility index (Phi) is 3.89. The fraction of sp³-hybridized carbons (Fsp3) is 0.500. The van der Waals surface area contributed by atoms with Gasteiger partial charge in [0.2, 0.25) is 11.9 Å². The van der Waals surface area contributed by atoms with E-state index in [1.54, 1.807) is 17.9 Å². The van der Waals surface area contributed by atoms with Crippen molar-refractivity contribution in [3.63, 3.8) is 0 Å². The Morgan fingerprint density at radius 2 is 1.90 bits per heavy atom. The van der Waals surface area contributed by atoms with Gasteiger partial charge >= 0.3 is 0 Å². The van der Waals surface area contributed by atoms with Crippen LogP contribution < -0.4 is 10.2 Å². The van der Waals surface area contributed by atoms with Gasteiger partial charge in [0.25, 0.3) is 5.95 Å². The highest BCUT2D eigenvalue weighted by Gasteiger charge is 2.17. The molecule has 8 nitrogen and oxygen atoms in total. The Balaban J connectivity index is 1.99. The van der Waals surface area contributed by atoms with Crippen molar-refractivity contribution in [2.24, 2.45) is 0 Å². The zero-order valence-corrected chi connectivity index (χ0v) is 12.6. The highest BCUT2D eigenvalue weighted by molar-refractivity contribution is 6.31. The lowest BCUT2D eigenvalue weighted by Gasteiger charge is -2.26. The van der Waals surface area contributed by atoms with E-state index in [9.17, 15) is 0 Å². The maximum atomic E-state index is 6.04. The third-order valence-electron chi connectivity index (χ3n) is 3.17. The molecule has 1 saturated heterocycles. The number of nitrogens with zero attached hydrogens (tertiary/aromatic N) is 6. The van der Waals surface area contributed by atoms with Gasteiger partial charge in [0, 0.05) is 20.1 Å². The molecule has 1 fully saturated rings. The van der Waals surface area contributed by atoms with Crippen LogP contribution >= 0.6 is 11.6 Å². The zero-order chi connectivity index (χ0) is 14.8. The van der Waals surface area contributed by atoms with Crippen molar-refractivity contribution in [2.45, 2.75) is 6.92 Å². The smallest absolute Gasteiger partial charge is 0.257 e. The van der Waals surface area contributed by atoms with E-state index in [1.165, 1.54) is 0 Å². The Bertz CT molecular complexity index is 619. The van der Waals surface area contributed by atoms with Gasteiger partial charge in [-0.15, -0.1) is 0 Å². The molecule has 0 unspecified atom stereocenters. The number of hydrogen-bond acceptors (Lipinski definition) is 7. The molecule has 0 spiro atoms. The molecule has 1 N–H and O–H groups in total. The normalized spacial score (nSPS) is 15.3. The predicted molar refractivity (Wildman–Crippen MR) is 79.3 cm³/mol. The van der Waals surface area contributed by atoms with Gasteiger partial charge < -0.3 is 15.0 Å². The van der Waals surface area contributed by atoms with Gasteiger partial charge in [-0.2, -0.15) is 20.1 Å². The van der Waals surface area contributed by atoms with Crippen LogP contribution in [0.1, 0.15) is 5.69 Å². The summed E-state index contributed by atoms with van der Waals surface area (Å²) in [6.45, 7) is 4.68. The van der Waals surface area contributed by atoms with Crippen molar-refractivity contribution in [1.29, 1.82) is 0 Å². The standard InChI is InChI=1S/C12H16ClN7O/c1-8-9(13)7-20(18-8)12-16-10(14-2)15-11(17-12)19-3-5-21-6-4-19/h7H,3-6H2,1-2H3,(H,14,15,16,17). The van der Waals surface area contributed by atoms with Crippen LogP contribution in [0.25, 0.3) is 5.95 Å². The second kappa shape index (κ2) is 5.82. The summed E-state index contributed by atoms with van der Waals surface area (Å²) in [5.74, 6) is 1.54. The number of halogens is 1. The molecule has 0 radical (unpaired) electrons. The fourth-order valence-electron chi connectivity index (χ4n) is 2.01. The maximum Gasteiger partial charge on any atom is 0.257 e. The molecule has 9 heteroatoms. The molecule has 0 atom stereocenters. The van der Waals surface area contributed by atoms with Crippen LogP contribution in [0.3, 0.4) is 0 Å². The lowest BCUT2D eigenvalue weighted by molar-refractivity contribution is 0.122. The zero-order valence-electron chi connectivity index (χ0n) is 11.9. The van der Waals surface area contributed by atoms with Gasteiger partial charge in [0.1, 0.15) is 0 Å².